The molecule has 8 heteroatoms. The molecule has 0 fully saturated rings. The summed E-state index contributed by atoms with van der Waals surface area (Å²) in [5, 5.41) is 8.97. The maximum atomic E-state index is 12.4. The van der Waals surface area contributed by atoms with E-state index in [1.165, 1.54) is 4.90 Å². The first-order chi connectivity index (χ1) is 12.0. The van der Waals surface area contributed by atoms with E-state index >= 15 is 0 Å². The molecule has 0 spiro atoms. The zero-order valence-electron chi connectivity index (χ0n) is 14.1. The first-order valence-electron chi connectivity index (χ1n) is 7.56. The lowest BCUT2D eigenvalue weighted by Crippen LogP contribution is -2.40. The highest BCUT2D eigenvalue weighted by molar-refractivity contribution is 5.96. The number of carbonyl (C=O) groups excluding carboxylic acids is 2. The lowest BCUT2D eigenvalue weighted by molar-refractivity contribution is -0.116. The molecule has 25 heavy (non-hydrogen) atoms. The van der Waals surface area contributed by atoms with Gasteiger partial charge < -0.3 is 24.8 Å². The van der Waals surface area contributed by atoms with Crippen LogP contribution in [0.2, 0.25) is 0 Å². The Morgan fingerprint density at radius 3 is 2.80 bits per heavy atom. The average Bonchev–Trinajstić information content (AvgIpc) is 2.99. The minimum absolute atomic E-state index is 0.159. The van der Waals surface area contributed by atoms with Crippen molar-refractivity contribution in [3.8, 4) is 5.75 Å². The minimum atomic E-state index is -0.431. The fourth-order valence-electron chi connectivity index (χ4n) is 2.06. The maximum Gasteiger partial charge on any atom is 0.322 e. The highest BCUT2D eigenvalue weighted by atomic mass is 16.5. The zero-order valence-corrected chi connectivity index (χ0v) is 14.1. The molecule has 0 saturated carbocycles. The quantitative estimate of drug-likeness (QED) is 0.753. The van der Waals surface area contributed by atoms with Gasteiger partial charge in [0.2, 0.25) is 5.91 Å². The van der Waals surface area contributed by atoms with Gasteiger partial charge in [-0.25, -0.2) is 4.79 Å². The van der Waals surface area contributed by atoms with Gasteiger partial charge in [-0.15, -0.1) is 6.58 Å². The van der Waals surface area contributed by atoms with Crippen LogP contribution in [0.25, 0.3) is 0 Å². The number of amides is 3. The van der Waals surface area contributed by atoms with Gasteiger partial charge in [0.05, 0.1) is 7.11 Å². The molecule has 1 aromatic heterocycles. The molecule has 2 rings (SSSR count). The molecule has 0 unspecified atom stereocenters. The second-order valence-electron chi connectivity index (χ2n) is 5.20. The number of nitrogens with zero attached hydrogens (tertiary/aromatic N) is 2. The molecule has 0 saturated heterocycles. The van der Waals surface area contributed by atoms with Crippen LogP contribution in [0.1, 0.15) is 5.76 Å². The van der Waals surface area contributed by atoms with Crippen LogP contribution in [0.15, 0.2) is 47.5 Å². The van der Waals surface area contributed by atoms with E-state index in [1.54, 1.807) is 50.4 Å². The molecule has 2 N–H and O–H groups in total. The number of urea groups is 1. The summed E-state index contributed by atoms with van der Waals surface area (Å²) in [5.41, 5.74) is 0.561. The Hall–Kier alpha value is -3.29. The van der Waals surface area contributed by atoms with E-state index in [4.69, 9.17) is 9.26 Å². The Morgan fingerprint density at radius 2 is 2.16 bits per heavy atom. The second kappa shape index (κ2) is 8.53. The highest BCUT2D eigenvalue weighted by Crippen LogP contribution is 2.17. The van der Waals surface area contributed by atoms with Crippen LogP contribution in [-0.2, 0) is 4.79 Å². The van der Waals surface area contributed by atoms with Crippen LogP contribution in [0.3, 0.4) is 0 Å². The number of hydrogen-bond acceptors (Lipinski definition) is 5. The summed E-state index contributed by atoms with van der Waals surface area (Å²) in [4.78, 5) is 25.8. The molecular formula is C17H20N4O4. The van der Waals surface area contributed by atoms with Gasteiger partial charge >= 0.3 is 6.03 Å². The van der Waals surface area contributed by atoms with Crippen LogP contribution in [0.4, 0.5) is 16.3 Å². The number of methoxy groups -OCH3 is 1. The average molecular weight is 344 g/mol. The molecule has 2 aromatic rings. The summed E-state index contributed by atoms with van der Waals surface area (Å²) in [6.07, 6.45) is 1.54. The van der Waals surface area contributed by atoms with E-state index in [-0.39, 0.29) is 13.1 Å². The monoisotopic (exact) mass is 344 g/mol. The third kappa shape index (κ3) is 5.38. The van der Waals surface area contributed by atoms with Gasteiger partial charge in [0.25, 0.3) is 0 Å². The van der Waals surface area contributed by atoms with Crippen LogP contribution >= 0.6 is 0 Å². The van der Waals surface area contributed by atoms with Crippen LogP contribution in [0.5, 0.6) is 5.75 Å². The SMILES string of the molecule is C=CCN(CC(=O)Nc1cc(C)on1)C(=O)Nc1cccc(OC)c1. The Morgan fingerprint density at radius 1 is 1.36 bits per heavy atom. The second-order valence-corrected chi connectivity index (χ2v) is 5.20. The third-order valence-electron chi connectivity index (χ3n) is 3.19. The molecule has 3 amide bonds. The molecule has 0 aliphatic heterocycles. The molecule has 0 atom stereocenters. The van der Waals surface area contributed by atoms with Crippen molar-refractivity contribution in [1.29, 1.82) is 0 Å². The summed E-state index contributed by atoms with van der Waals surface area (Å²) in [5.74, 6) is 1.10. The van der Waals surface area contributed by atoms with Crippen molar-refractivity contribution in [1.82, 2.24) is 10.1 Å². The number of hydrogen-bond donors (Lipinski definition) is 2. The van der Waals surface area contributed by atoms with Crippen molar-refractivity contribution in [3.05, 3.63) is 48.7 Å². The van der Waals surface area contributed by atoms with Crippen molar-refractivity contribution in [2.45, 2.75) is 6.92 Å². The van der Waals surface area contributed by atoms with Crippen molar-refractivity contribution in [2.75, 3.05) is 30.8 Å². The van der Waals surface area contributed by atoms with Crippen molar-refractivity contribution in [3.63, 3.8) is 0 Å². The van der Waals surface area contributed by atoms with E-state index in [9.17, 15) is 9.59 Å². The molecule has 132 valence electrons. The number of ether oxygens (including phenoxy) is 1. The Labute approximate surface area is 145 Å². The number of anilines is 2. The number of carbonyl (C=O) groups is 2. The summed E-state index contributed by atoms with van der Waals surface area (Å²) in [6.45, 7) is 5.38. The van der Waals surface area contributed by atoms with Crippen LogP contribution in [-0.4, -0.2) is 42.2 Å². The lowest BCUT2D eigenvalue weighted by atomic mass is 10.3. The van der Waals surface area contributed by atoms with Gasteiger partial charge in [0.1, 0.15) is 18.1 Å². The van der Waals surface area contributed by atoms with Crippen molar-refractivity contribution in [2.24, 2.45) is 0 Å². The minimum Gasteiger partial charge on any atom is -0.497 e. The Balaban J connectivity index is 1.99. The van der Waals surface area contributed by atoms with Crippen molar-refractivity contribution < 1.29 is 18.8 Å². The number of benzene rings is 1. The predicted octanol–water partition coefficient (Wildman–Crippen LogP) is 2.65. The van der Waals surface area contributed by atoms with E-state index in [1.807, 2.05) is 0 Å². The Bertz CT molecular complexity index is 757. The lowest BCUT2D eigenvalue weighted by Gasteiger charge is -2.21. The Kier molecular flexibility index (Phi) is 6.16. The summed E-state index contributed by atoms with van der Waals surface area (Å²) >= 11 is 0. The molecule has 0 radical (unpaired) electrons. The fourth-order valence-corrected chi connectivity index (χ4v) is 2.06. The number of rotatable bonds is 7. The van der Waals surface area contributed by atoms with Gasteiger partial charge in [0.15, 0.2) is 5.82 Å². The maximum absolute atomic E-state index is 12.4. The van der Waals surface area contributed by atoms with Crippen molar-refractivity contribution >= 4 is 23.4 Å². The van der Waals surface area contributed by atoms with E-state index in [0.717, 1.165) is 0 Å². The number of aryl methyl sites for hydroxylation is 1. The van der Waals surface area contributed by atoms with E-state index in [0.29, 0.717) is 23.0 Å². The third-order valence-corrected chi connectivity index (χ3v) is 3.19. The van der Waals surface area contributed by atoms with E-state index in [2.05, 4.69) is 22.4 Å². The summed E-state index contributed by atoms with van der Waals surface area (Å²) in [7, 11) is 1.54. The van der Waals surface area contributed by atoms with Crippen LogP contribution < -0.4 is 15.4 Å². The number of nitrogens with one attached hydrogen (secondary N) is 2. The molecule has 8 nitrogen and oxygen atoms in total. The first-order valence-corrected chi connectivity index (χ1v) is 7.56. The number of aromatic nitrogens is 1. The standard InChI is InChI=1S/C17H20N4O4/c1-4-8-21(11-16(22)19-15-9-12(2)25-20-15)17(23)18-13-6-5-7-14(10-13)24-3/h4-7,9-10H,1,8,11H2,2-3H3,(H,18,23)(H,19,20,22). The largest absolute Gasteiger partial charge is 0.497 e. The zero-order chi connectivity index (χ0) is 18.2. The fraction of sp³-hybridized carbons (Fsp3) is 0.235. The van der Waals surface area contributed by atoms with Gasteiger partial charge in [0, 0.05) is 24.4 Å². The molecule has 0 bridgehead atoms. The molecule has 1 heterocycles. The van der Waals surface area contributed by atoms with Gasteiger partial charge in [-0.2, -0.15) is 0 Å². The molecule has 1 aromatic carbocycles. The smallest absolute Gasteiger partial charge is 0.322 e. The molecule has 0 aliphatic carbocycles. The normalized spacial score (nSPS) is 10.0. The van der Waals surface area contributed by atoms with Gasteiger partial charge in [-0.1, -0.05) is 17.3 Å². The molecule has 0 aliphatic rings. The predicted molar refractivity (Wildman–Crippen MR) is 93.7 cm³/mol. The van der Waals surface area contributed by atoms with Gasteiger partial charge in [-0.05, 0) is 19.1 Å². The van der Waals surface area contributed by atoms with E-state index < -0.39 is 11.9 Å². The molecular weight excluding hydrogens is 324 g/mol. The van der Waals surface area contributed by atoms with Gasteiger partial charge in [-0.3, -0.25) is 4.79 Å². The summed E-state index contributed by atoms with van der Waals surface area (Å²) < 4.78 is 10.00. The summed E-state index contributed by atoms with van der Waals surface area (Å²) in [6, 6.07) is 8.09. The first kappa shape index (κ1) is 18.1. The van der Waals surface area contributed by atoms with Crippen LogP contribution in [0, 0.1) is 6.92 Å². The topological polar surface area (TPSA) is 96.7 Å². The highest BCUT2D eigenvalue weighted by Gasteiger charge is 2.17.